The van der Waals surface area contributed by atoms with E-state index in [0.717, 1.165) is 0 Å². The number of aliphatic carboxylic acids is 1. The average Bonchev–Trinajstić information content (AvgIpc) is 2.48. The molecule has 2 unspecified atom stereocenters. The number of amides is 2. The quantitative estimate of drug-likeness (QED) is 0.819. The number of piperidine rings is 1. The van der Waals surface area contributed by atoms with Gasteiger partial charge in [-0.1, -0.05) is 30.8 Å². The van der Waals surface area contributed by atoms with Crippen molar-refractivity contribution in [3.63, 3.8) is 0 Å². The van der Waals surface area contributed by atoms with Crippen LogP contribution in [0.2, 0.25) is 0 Å². The zero-order valence-corrected chi connectivity index (χ0v) is 13.4. The molecule has 1 fully saturated rings. The Kier molecular flexibility index (Phi) is 5.81. The van der Waals surface area contributed by atoms with Crippen LogP contribution in [-0.4, -0.2) is 40.9 Å². The smallest absolute Gasteiger partial charge is 0.321 e. The van der Waals surface area contributed by atoms with Crippen LogP contribution in [0.5, 0.6) is 0 Å². The summed E-state index contributed by atoms with van der Waals surface area (Å²) >= 11 is 0.359. The summed E-state index contributed by atoms with van der Waals surface area (Å²) in [5.41, 5.74) is 0.299. The maximum atomic E-state index is 12.6. The number of hydrogen-bond donors (Lipinski definition) is 2. The number of para-hydroxylation sites is 1. The number of urea groups is 1. The van der Waals surface area contributed by atoms with E-state index in [1.54, 1.807) is 18.2 Å². The molecule has 1 aliphatic heterocycles. The Bertz CT molecular complexity index is 586. The van der Waals surface area contributed by atoms with Gasteiger partial charge in [0.05, 0.1) is 11.6 Å². The highest BCUT2D eigenvalue weighted by atomic mass is 32.2. The first-order valence-corrected chi connectivity index (χ1v) is 8.07. The van der Waals surface area contributed by atoms with Crippen LogP contribution in [0.25, 0.3) is 0 Å². The number of carbonyl (C=O) groups excluding carboxylic acids is 1. The predicted octanol–water partition coefficient (Wildman–Crippen LogP) is 3.58. The first kappa shape index (κ1) is 17.5. The third-order valence-electron chi connectivity index (χ3n) is 3.64. The number of carbonyl (C=O) groups is 2. The van der Waals surface area contributed by atoms with Gasteiger partial charge in [-0.3, -0.25) is 4.79 Å². The third-order valence-corrected chi connectivity index (χ3v) is 4.43. The zero-order chi connectivity index (χ0) is 17.0. The molecule has 2 rings (SSSR count). The second kappa shape index (κ2) is 7.63. The topological polar surface area (TPSA) is 69.6 Å². The number of thioether (sulfide) groups is 1. The Morgan fingerprint density at radius 2 is 2.04 bits per heavy atom. The molecule has 8 heteroatoms. The van der Waals surface area contributed by atoms with Crippen LogP contribution < -0.4 is 5.32 Å². The van der Waals surface area contributed by atoms with Crippen molar-refractivity contribution in [3.05, 3.63) is 24.3 Å². The van der Waals surface area contributed by atoms with Crippen molar-refractivity contribution in [2.75, 3.05) is 18.4 Å². The van der Waals surface area contributed by atoms with Crippen molar-refractivity contribution < 1.29 is 23.5 Å². The number of alkyl halides is 2. The Balaban J connectivity index is 2.08. The molecule has 1 aromatic carbocycles. The standard InChI is InChI=1S/C15H18F2N2O3S/c1-9-6-10(13(20)21)8-19(7-9)15(22)18-11-4-2-3-5-12(11)23-14(16)17/h2-5,9-10,14H,6-8H2,1H3,(H,18,22)(H,20,21). The van der Waals surface area contributed by atoms with Gasteiger partial charge >= 0.3 is 12.0 Å². The lowest BCUT2D eigenvalue weighted by molar-refractivity contribution is -0.143. The van der Waals surface area contributed by atoms with Gasteiger partial charge in [0.25, 0.3) is 5.76 Å². The number of benzene rings is 1. The highest BCUT2D eigenvalue weighted by Gasteiger charge is 2.32. The van der Waals surface area contributed by atoms with Crippen LogP contribution in [0, 0.1) is 11.8 Å². The first-order valence-electron chi connectivity index (χ1n) is 7.19. The molecule has 0 radical (unpaired) electrons. The molecule has 0 bridgehead atoms. The molecule has 0 spiro atoms. The Morgan fingerprint density at radius 1 is 1.35 bits per heavy atom. The summed E-state index contributed by atoms with van der Waals surface area (Å²) in [6.45, 7) is 2.45. The molecule has 1 aromatic rings. The first-order chi connectivity index (χ1) is 10.9. The van der Waals surface area contributed by atoms with Gasteiger partial charge in [0.15, 0.2) is 0 Å². The number of rotatable bonds is 4. The number of carboxylic acids is 1. The fourth-order valence-corrected chi connectivity index (χ4v) is 3.25. The number of nitrogens with zero attached hydrogens (tertiary/aromatic N) is 1. The molecule has 2 amide bonds. The fourth-order valence-electron chi connectivity index (χ4n) is 2.66. The normalized spacial score (nSPS) is 21.3. The van der Waals surface area contributed by atoms with Crippen LogP contribution in [0.3, 0.4) is 0 Å². The van der Waals surface area contributed by atoms with Gasteiger partial charge in [-0.25, -0.2) is 4.79 Å². The van der Waals surface area contributed by atoms with Crippen molar-refractivity contribution in [3.8, 4) is 0 Å². The van der Waals surface area contributed by atoms with E-state index in [1.165, 1.54) is 11.0 Å². The summed E-state index contributed by atoms with van der Waals surface area (Å²) in [6.07, 6.45) is 0.525. The molecule has 0 aromatic heterocycles. The minimum atomic E-state index is -2.58. The van der Waals surface area contributed by atoms with E-state index in [2.05, 4.69) is 5.32 Å². The van der Waals surface area contributed by atoms with Gasteiger partial charge in [0.1, 0.15) is 0 Å². The van der Waals surface area contributed by atoms with Crippen LogP contribution in [0.4, 0.5) is 19.3 Å². The van der Waals surface area contributed by atoms with Crippen molar-refractivity contribution in [1.82, 2.24) is 4.90 Å². The number of anilines is 1. The summed E-state index contributed by atoms with van der Waals surface area (Å²) in [4.78, 5) is 25.2. The second-order valence-electron chi connectivity index (χ2n) is 5.59. The lowest BCUT2D eigenvalue weighted by Crippen LogP contribution is -2.47. The highest BCUT2D eigenvalue weighted by molar-refractivity contribution is 7.99. The summed E-state index contributed by atoms with van der Waals surface area (Å²) in [7, 11) is 0. The predicted molar refractivity (Wildman–Crippen MR) is 83.8 cm³/mol. The minimum absolute atomic E-state index is 0.0706. The summed E-state index contributed by atoms with van der Waals surface area (Å²) in [5, 5.41) is 11.7. The molecule has 2 atom stereocenters. The average molecular weight is 344 g/mol. The van der Waals surface area contributed by atoms with Gasteiger partial charge in [0, 0.05) is 18.0 Å². The van der Waals surface area contributed by atoms with E-state index in [1.807, 2.05) is 6.92 Å². The van der Waals surface area contributed by atoms with Crippen LogP contribution >= 0.6 is 11.8 Å². The SMILES string of the molecule is CC1CC(C(=O)O)CN(C(=O)Nc2ccccc2SC(F)F)C1. The van der Waals surface area contributed by atoms with E-state index < -0.39 is 23.7 Å². The van der Waals surface area contributed by atoms with E-state index in [4.69, 9.17) is 5.11 Å². The fraction of sp³-hybridized carbons (Fsp3) is 0.467. The van der Waals surface area contributed by atoms with E-state index >= 15 is 0 Å². The van der Waals surface area contributed by atoms with Gasteiger partial charge in [0.2, 0.25) is 0 Å². The number of hydrogen-bond acceptors (Lipinski definition) is 3. The largest absolute Gasteiger partial charge is 0.481 e. The van der Waals surface area contributed by atoms with Crippen molar-refractivity contribution >= 4 is 29.4 Å². The third kappa shape index (κ3) is 4.82. The van der Waals surface area contributed by atoms with Gasteiger partial charge in [-0.05, 0) is 24.5 Å². The molecule has 5 nitrogen and oxygen atoms in total. The number of nitrogens with one attached hydrogen (secondary N) is 1. The van der Waals surface area contributed by atoms with E-state index in [9.17, 15) is 18.4 Å². The lowest BCUT2D eigenvalue weighted by Gasteiger charge is -2.34. The summed E-state index contributed by atoms with van der Waals surface area (Å²) < 4.78 is 25.1. The lowest BCUT2D eigenvalue weighted by atomic mass is 9.91. The number of likely N-dealkylation sites (tertiary alicyclic amines) is 1. The van der Waals surface area contributed by atoms with Gasteiger partial charge < -0.3 is 15.3 Å². The Hall–Kier alpha value is -1.83. The number of carboxylic acid groups (broad SMARTS) is 1. The zero-order valence-electron chi connectivity index (χ0n) is 12.5. The van der Waals surface area contributed by atoms with Crippen molar-refractivity contribution in [2.45, 2.75) is 24.0 Å². The molecule has 0 saturated carbocycles. The van der Waals surface area contributed by atoms with Crippen LogP contribution in [-0.2, 0) is 4.79 Å². The molecule has 1 saturated heterocycles. The van der Waals surface area contributed by atoms with Gasteiger partial charge in [-0.2, -0.15) is 8.78 Å². The maximum Gasteiger partial charge on any atom is 0.321 e. The molecule has 0 aliphatic carbocycles. The molecule has 1 heterocycles. The van der Waals surface area contributed by atoms with Crippen LogP contribution in [0.1, 0.15) is 13.3 Å². The van der Waals surface area contributed by atoms with E-state index in [0.29, 0.717) is 30.4 Å². The maximum absolute atomic E-state index is 12.6. The van der Waals surface area contributed by atoms with Crippen LogP contribution in [0.15, 0.2) is 29.2 Å². The summed E-state index contributed by atoms with van der Waals surface area (Å²) in [5.74, 6) is -4.04. The van der Waals surface area contributed by atoms with Crippen molar-refractivity contribution in [2.24, 2.45) is 11.8 Å². The second-order valence-corrected chi connectivity index (χ2v) is 6.62. The minimum Gasteiger partial charge on any atom is -0.481 e. The molecule has 126 valence electrons. The van der Waals surface area contributed by atoms with Crippen molar-refractivity contribution in [1.29, 1.82) is 0 Å². The monoisotopic (exact) mass is 344 g/mol. The molecule has 23 heavy (non-hydrogen) atoms. The summed E-state index contributed by atoms with van der Waals surface area (Å²) in [6, 6.07) is 5.84. The Labute approximate surface area is 137 Å². The number of halogens is 2. The highest BCUT2D eigenvalue weighted by Crippen LogP contribution is 2.32. The molecular formula is C15H18F2N2O3S. The van der Waals surface area contributed by atoms with E-state index in [-0.39, 0.29) is 17.4 Å². The molecule has 2 N–H and O–H groups in total. The Morgan fingerprint density at radius 3 is 2.70 bits per heavy atom. The van der Waals surface area contributed by atoms with Gasteiger partial charge in [-0.15, -0.1) is 0 Å². The molecule has 1 aliphatic rings. The molecular weight excluding hydrogens is 326 g/mol.